The third kappa shape index (κ3) is 2.93. The van der Waals surface area contributed by atoms with Crippen LogP contribution in [-0.2, 0) is 9.53 Å². The number of hydrogen-bond acceptors (Lipinski definition) is 4. The van der Waals surface area contributed by atoms with E-state index in [1.807, 2.05) is 0 Å². The van der Waals surface area contributed by atoms with Crippen molar-refractivity contribution in [2.75, 3.05) is 19.8 Å². The molecular weight excluding hydrogens is 244 g/mol. The molecule has 1 saturated heterocycles. The van der Waals surface area contributed by atoms with Gasteiger partial charge in [-0.25, -0.2) is 0 Å². The van der Waals surface area contributed by atoms with Crippen LogP contribution in [-0.4, -0.2) is 59.9 Å². The van der Waals surface area contributed by atoms with E-state index in [9.17, 15) is 9.90 Å². The predicted molar refractivity (Wildman–Crippen MR) is 70.7 cm³/mol. The Bertz CT molecular complexity index is 325. The molecule has 0 bridgehead atoms. The zero-order valence-corrected chi connectivity index (χ0v) is 11.4. The fourth-order valence-electron chi connectivity index (χ4n) is 3.52. The third-order valence-corrected chi connectivity index (χ3v) is 4.73. The highest BCUT2D eigenvalue weighted by atomic mass is 16.5. The van der Waals surface area contributed by atoms with Crippen molar-refractivity contribution in [3.8, 4) is 0 Å². The summed E-state index contributed by atoms with van der Waals surface area (Å²) in [6.45, 7) is 2.12. The first-order valence-corrected chi connectivity index (χ1v) is 7.56. The minimum absolute atomic E-state index is 0.0866. The van der Waals surface area contributed by atoms with E-state index in [0.717, 1.165) is 13.2 Å². The molecule has 5 nitrogen and oxygen atoms in total. The molecule has 2 aliphatic carbocycles. The summed E-state index contributed by atoms with van der Waals surface area (Å²) in [6, 6.07) is 0.594. The van der Waals surface area contributed by atoms with Crippen molar-refractivity contribution in [3.05, 3.63) is 0 Å². The quantitative estimate of drug-likeness (QED) is 0.771. The molecule has 0 spiro atoms. The van der Waals surface area contributed by atoms with Gasteiger partial charge in [-0.05, 0) is 25.7 Å². The molecule has 3 rings (SSSR count). The van der Waals surface area contributed by atoms with E-state index in [1.54, 1.807) is 0 Å². The highest BCUT2D eigenvalue weighted by Gasteiger charge is 2.37. The van der Waals surface area contributed by atoms with Crippen LogP contribution in [0.1, 0.15) is 38.5 Å². The van der Waals surface area contributed by atoms with Gasteiger partial charge in [-0.3, -0.25) is 9.69 Å². The van der Waals surface area contributed by atoms with Gasteiger partial charge in [0.05, 0.1) is 19.3 Å². The summed E-state index contributed by atoms with van der Waals surface area (Å²) in [5, 5.41) is 12.3. The minimum atomic E-state index is -0.223. The summed E-state index contributed by atoms with van der Waals surface area (Å²) in [5.74, 6) is 0.0866. The predicted octanol–water partition coefficient (Wildman–Crippen LogP) is 0.269. The molecule has 108 valence electrons. The number of rotatable bonds is 3. The molecule has 2 saturated carbocycles. The number of nitrogens with one attached hydrogen (secondary N) is 1. The normalized spacial score (nSPS) is 37.0. The lowest BCUT2D eigenvalue weighted by Gasteiger charge is -2.40. The second-order valence-electron chi connectivity index (χ2n) is 6.10. The van der Waals surface area contributed by atoms with Crippen LogP contribution >= 0.6 is 0 Å². The van der Waals surface area contributed by atoms with Gasteiger partial charge in [0.1, 0.15) is 6.04 Å². The van der Waals surface area contributed by atoms with Gasteiger partial charge < -0.3 is 15.2 Å². The highest BCUT2D eigenvalue weighted by molar-refractivity contribution is 5.82. The fraction of sp³-hybridized carbons (Fsp3) is 0.929. The monoisotopic (exact) mass is 268 g/mol. The molecule has 1 heterocycles. The SMILES string of the molecule is O=C(NC1CC(O)C1)[C@@H]1COCCN1C1CCCC1. The van der Waals surface area contributed by atoms with Gasteiger partial charge in [-0.1, -0.05) is 12.8 Å². The number of hydrogen-bond donors (Lipinski definition) is 2. The molecule has 0 aromatic rings. The van der Waals surface area contributed by atoms with Crippen LogP contribution in [0.15, 0.2) is 0 Å². The molecule has 19 heavy (non-hydrogen) atoms. The molecule has 0 aromatic carbocycles. The number of carbonyl (C=O) groups is 1. The molecule has 1 amide bonds. The zero-order valence-electron chi connectivity index (χ0n) is 11.4. The number of nitrogens with zero attached hydrogens (tertiary/aromatic N) is 1. The van der Waals surface area contributed by atoms with Gasteiger partial charge in [0, 0.05) is 18.6 Å². The summed E-state index contributed by atoms with van der Waals surface area (Å²) in [4.78, 5) is 14.7. The van der Waals surface area contributed by atoms with Gasteiger partial charge in [-0.2, -0.15) is 0 Å². The number of aliphatic hydroxyl groups is 1. The van der Waals surface area contributed by atoms with Gasteiger partial charge in [0.15, 0.2) is 0 Å². The van der Waals surface area contributed by atoms with Crippen LogP contribution in [0.5, 0.6) is 0 Å². The largest absolute Gasteiger partial charge is 0.393 e. The fourth-order valence-corrected chi connectivity index (χ4v) is 3.52. The second kappa shape index (κ2) is 5.77. The number of carbonyl (C=O) groups excluding carboxylic acids is 1. The van der Waals surface area contributed by atoms with Crippen molar-refractivity contribution in [3.63, 3.8) is 0 Å². The first kappa shape index (κ1) is 13.3. The summed E-state index contributed by atoms with van der Waals surface area (Å²) in [7, 11) is 0. The Kier molecular flexibility index (Phi) is 4.05. The molecule has 1 aliphatic heterocycles. The molecule has 1 atom stereocenters. The van der Waals surface area contributed by atoms with Crippen molar-refractivity contribution in [1.29, 1.82) is 0 Å². The molecule has 3 fully saturated rings. The Hall–Kier alpha value is -0.650. The Morgan fingerprint density at radius 1 is 1.26 bits per heavy atom. The van der Waals surface area contributed by atoms with E-state index in [2.05, 4.69) is 10.2 Å². The van der Waals surface area contributed by atoms with E-state index in [4.69, 9.17) is 4.74 Å². The summed E-state index contributed by atoms with van der Waals surface area (Å²) >= 11 is 0. The van der Waals surface area contributed by atoms with E-state index in [-0.39, 0.29) is 24.1 Å². The Morgan fingerprint density at radius 3 is 2.68 bits per heavy atom. The van der Waals surface area contributed by atoms with E-state index < -0.39 is 0 Å². The first-order valence-electron chi connectivity index (χ1n) is 7.56. The van der Waals surface area contributed by atoms with Crippen LogP contribution in [0.4, 0.5) is 0 Å². The maximum atomic E-state index is 12.4. The molecule has 0 unspecified atom stereocenters. The maximum Gasteiger partial charge on any atom is 0.239 e. The van der Waals surface area contributed by atoms with E-state index in [0.29, 0.717) is 25.5 Å². The molecule has 0 radical (unpaired) electrons. The standard InChI is InChI=1S/C14H24N2O3/c17-12-7-10(8-12)15-14(18)13-9-19-6-5-16(13)11-3-1-2-4-11/h10-13,17H,1-9H2,(H,15,18)/t10?,12?,13-/m0/s1. The first-order chi connectivity index (χ1) is 9.24. The van der Waals surface area contributed by atoms with Crippen LogP contribution in [0.3, 0.4) is 0 Å². The molecule has 0 aromatic heterocycles. The number of aliphatic hydroxyl groups excluding tert-OH is 1. The molecule has 5 heteroatoms. The third-order valence-electron chi connectivity index (χ3n) is 4.73. The van der Waals surface area contributed by atoms with Crippen LogP contribution < -0.4 is 5.32 Å². The second-order valence-corrected chi connectivity index (χ2v) is 6.10. The van der Waals surface area contributed by atoms with Crippen LogP contribution in [0.2, 0.25) is 0 Å². The Morgan fingerprint density at radius 2 is 2.00 bits per heavy atom. The Labute approximate surface area is 114 Å². The maximum absolute atomic E-state index is 12.4. The number of amides is 1. The van der Waals surface area contributed by atoms with E-state index >= 15 is 0 Å². The number of ether oxygens (including phenoxy) is 1. The van der Waals surface area contributed by atoms with Crippen molar-refractivity contribution in [2.45, 2.75) is 62.8 Å². The van der Waals surface area contributed by atoms with Gasteiger partial charge in [-0.15, -0.1) is 0 Å². The lowest BCUT2D eigenvalue weighted by molar-refractivity contribution is -0.136. The van der Waals surface area contributed by atoms with Crippen molar-refractivity contribution < 1.29 is 14.6 Å². The smallest absolute Gasteiger partial charge is 0.239 e. The van der Waals surface area contributed by atoms with Crippen LogP contribution in [0, 0.1) is 0 Å². The molecular formula is C14H24N2O3. The average molecular weight is 268 g/mol. The lowest BCUT2D eigenvalue weighted by atomic mass is 9.89. The molecule has 2 N–H and O–H groups in total. The Balaban J connectivity index is 1.57. The summed E-state index contributed by atoms with van der Waals surface area (Å²) in [6.07, 6.45) is 6.17. The summed E-state index contributed by atoms with van der Waals surface area (Å²) < 4.78 is 5.50. The highest BCUT2D eigenvalue weighted by Crippen LogP contribution is 2.27. The molecule has 3 aliphatic rings. The van der Waals surface area contributed by atoms with Gasteiger partial charge in [0.25, 0.3) is 0 Å². The van der Waals surface area contributed by atoms with Crippen molar-refractivity contribution in [1.82, 2.24) is 10.2 Å². The topological polar surface area (TPSA) is 61.8 Å². The minimum Gasteiger partial charge on any atom is -0.393 e. The van der Waals surface area contributed by atoms with Gasteiger partial charge >= 0.3 is 0 Å². The van der Waals surface area contributed by atoms with Crippen molar-refractivity contribution >= 4 is 5.91 Å². The van der Waals surface area contributed by atoms with Gasteiger partial charge in [0.2, 0.25) is 5.91 Å². The summed E-state index contributed by atoms with van der Waals surface area (Å²) in [5.41, 5.74) is 0. The van der Waals surface area contributed by atoms with Crippen molar-refractivity contribution in [2.24, 2.45) is 0 Å². The number of morpholine rings is 1. The zero-order chi connectivity index (χ0) is 13.2. The lowest BCUT2D eigenvalue weighted by Crippen LogP contribution is -2.59. The average Bonchev–Trinajstić information content (AvgIpc) is 2.90. The van der Waals surface area contributed by atoms with E-state index in [1.165, 1.54) is 25.7 Å². The van der Waals surface area contributed by atoms with Crippen LogP contribution in [0.25, 0.3) is 0 Å².